The lowest BCUT2D eigenvalue weighted by Gasteiger charge is -2.42. The molecule has 5 heteroatoms. The van der Waals surface area contributed by atoms with Gasteiger partial charge in [0.1, 0.15) is 5.54 Å². The molecule has 0 radical (unpaired) electrons. The van der Waals surface area contributed by atoms with Gasteiger partial charge in [-0.15, -0.1) is 0 Å². The van der Waals surface area contributed by atoms with Crippen molar-refractivity contribution in [1.82, 2.24) is 4.90 Å². The molecular weight excluding hydrogens is 232 g/mol. The predicted octanol–water partition coefficient (Wildman–Crippen LogP) is 1.22. The second kappa shape index (κ2) is 6.18. The van der Waals surface area contributed by atoms with Gasteiger partial charge < -0.3 is 15.7 Å². The standard InChI is InChI=1S/C13H24N2O3/c1-3-10(9-14)8-11(16)15-7-5-4-6-13(15,2)12(17)18/h10H,3-9,14H2,1-2H3,(H,17,18). The van der Waals surface area contributed by atoms with Gasteiger partial charge in [0.25, 0.3) is 0 Å². The topological polar surface area (TPSA) is 83.6 Å². The summed E-state index contributed by atoms with van der Waals surface area (Å²) in [4.78, 5) is 25.2. The maximum absolute atomic E-state index is 12.3. The Labute approximate surface area is 108 Å². The van der Waals surface area contributed by atoms with Crippen LogP contribution in [0.15, 0.2) is 0 Å². The largest absolute Gasteiger partial charge is 0.480 e. The molecule has 0 aromatic heterocycles. The minimum Gasteiger partial charge on any atom is -0.480 e. The van der Waals surface area contributed by atoms with Gasteiger partial charge in [-0.1, -0.05) is 13.3 Å². The number of carbonyl (C=O) groups is 2. The Morgan fingerprint density at radius 1 is 1.44 bits per heavy atom. The van der Waals surface area contributed by atoms with E-state index in [2.05, 4.69) is 0 Å². The zero-order valence-corrected chi connectivity index (χ0v) is 11.3. The van der Waals surface area contributed by atoms with E-state index in [0.717, 1.165) is 19.3 Å². The fourth-order valence-electron chi connectivity index (χ4n) is 2.49. The molecule has 0 aromatic carbocycles. The summed E-state index contributed by atoms with van der Waals surface area (Å²) in [6.07, 6.45) is 3.48. The molecule has 1 saturated heterocycles. The lowest BCUT2D eigenvalue weighted by molar-refractivity contribution is -0.161. The monoisotopic (exact) mass is 256 g/mol. The Hall–Kier alpha value is -1.10. The fourth-order valence-corrected chi connectivity index (χ4v) is 2.49. The number of carbonyl (C=O) groups excluding carboxylic acids is 1. The third-order valence-electron chi connectivity index (χ3n) is 4.03. The molecule has 1 rings (SSSR count). The van der Waals surface area contributed by atoms with Crippen LogP contribution in [-0.4, -0.2) is 40.5 Å². The average Bonchev–Trinajstić information content (AvgIpc) is 2.36. The van der Waals surface area contributed by atoms with Gasteiger partial charge >= 0.3 is 5.97 Å². The Balaban J connectivity index is 2.78. The van der Waals surface area contributed by atoms with E-state index in [-0.39, 0.29) is 11.8 Å². The Bertz CT molecular complexity index is 315. The van der Waals surface area contributed by atoms with Gasteiger partial charge in [-0.25, -0.2) is 4.79 Å². The Morgan fingerprint density at radius 2 is 2.11 bits per heavy atom. The molecule has 1 aliphatic heterocycles. The van der Waals surface area contributed by atoms with Crippen molar-refractivity contribution in [2.45, 2.75) is 51.5 Å². The van der Waals surface area contributed by atoms with Gasteiger partial charge in [-0.2, -0.15) is 0 Å². The molecule has 0 aromatic rings. The number of aliphatic carboxylic acids is 1. The number of nitrogens with zero attached hydrogens (tertiary/aromatic N) is 1. The predicted molar refractivity (Wildman–Crippen MR) is 69.1 cm³/mol. The third-order valence-corrected chi connectivity index (χ3v) is 4.03. The normalized spacial score (nSPS) is 25.8. The van der Waals surface area contributed by atoms with Crippen LogP contribution in [0, 0.1) is 5.92 Å². The summed E-state index contributed by atoms with van der Waals surface area (Å²) in [7, 11) is 0. The van der Waals surface area contributed by atoms with Crippen LogP contribution in [-0.2, 0) is 9.59 Å². The van der Waals surface area contributed by atoms with E-state index in [1.807, 2.05) is 6.92 Å². The zero-order chi connectivity index (χ0) is 13.8. The first-order valence-corrected chi connectivity index (χ1v) is 6.69. The first-order chi connectivity index (χ1) is 8.45. The molecule has 1 fully saturated rings. The van der Waals surface area contributed by atoms with Crippen LogP contribution in [0.4, 0.5) is 0 Å². The summed E-state index contributed by atoms with van der Waals surface area (Å²) in [5, 5.41) is 9.35. The molecule has 1 heterocycles. The molecule has 104 valence electrons. The van der Waals surface area contributed by atoms with E-state index in [1.54, 1.807) is 6.92 Å². The number of rotatable bonds is 5. The number of hydrogen-bond donors (Lipinski definition) is 2. The van der Waals surface area contributed by atoms with Crippen molar-refractivity contribution in [3.05, 3.63) is 0 Å². The Morgan fingerprint density at radius 3 is 2.61 bits per heavy atom. The van der Waals surface area contributed by atoms with Crippen LogP contribution in [0.3, 0.4) is 0 Å². The highest BCUT2D eigenvalue weighted by atomic mass is 16.4. The summed E-state index contributed by atoms with van der Waals surface area (Å²) in [6.45, 7) is 4.66. The van der Waals surface area contributed by atoms with Gasteiger partial charge in [0.2, 0.25) is 5.91 Å². The summed E-state index contributed by atoms with van der Waals surface area (Å²) in [6, 6.07) is 0. The summed E-state index contributed by atoms with van der Waals surface area (Å²) in [5.41, 5.74) is 4.56. The van der Waals surface area contributed by atoms with Gasteiger partial charge in [-0.3, -0.25) is 4.79 Å². The average molecular weight is 256 g/mol. The molecule has 1 aliphatic rings. The van der Waals surface area contributed by atoms with Crippen molar-refractivity contribution in [2.24, 2.45) is 11.7 Å². The number of carboxylic acids is 1. The molecule has 0 aliphatic carbocycles. The van der Waals surface area contributed by atoms with Crippen LogP contribution in [0.25, 0.3) is 0 Å². The number of amides is 1. The lowest BCUT2D eigenvalue weighted by Crippen LogP contribution is -2.57. The SMILES string of the molecule is CCC(CN)CC(=O)N1CCCCC1(C)C(=O)O. The number of hydrogen-bond acceptors (Lipinski definition) is 3. The Kier molecular flexibility index (Phi) is 5.14. The van der Waals surface area contributed by atoms with Gasteiger partial charge in [0, 0.05) is 13.0 Å². The van der Waals surface area contributed by atoms with E-state index in [1.165, 1.54) is 4.90 Å². The van der Waals surface area contributed by atoms with E-state index in [4.69, 9.17) is 5.73 Å². The highest BCUT2D eigenvalue weighted by molar-refractivity contribution is 5.87. The molecule has 3 N–H and O–H groups in total. The summed E-state index contributed by atoms with van der Waals surface area (Å²) >= 11 is 0. The third kappa shape index (κ3) is 3.02. The van der Waals surface area contributed by atoms with Crippen molar-refractivity contribution in [3.8, 4) is 0 Å². The molecular formula is C13H24N2O3. The first kappa shape index (κ1) is 15.0. The quantitative estimate of drug-likeness (QED) is 0.774. The van der Waals surface area contributed by atoms with Crippen LogP contribution < -0.4 is 5.73 Å². The van der Waals surface area contributed by atoms with Gasteiger partial charge in [-0.05, 0) is 38.6 Å². The minimum atomic E-state index is -1.04. The molecule has 5 nitrogen and oxygen atoms in total. The first-order valence-electron chi connectivity index (χ1n) is 6.69. The molecule has 18 heavy (non-hydrogen) atoms. The fraction of sp³-hybridized carbons (Fsp3) is 0.846. The number of carboxylic acid groups (broad SMARTS) is 1. The highest BCUT2D eigenvalue weighted by Gasteiger charge is 2.43. The van der Waals surface area contributed by atoms with Crippen molar-refractivity contribution in [3.63, 3.8) is 0 Å². The van der Waals surface area contributed by atoms with Crippen molar-refractivity contribution in [2.75, 3.05) is 13.1 Å². The van der Waals surface area contributed by atoms with E-state index < -0.39 is 11.5 Å². The smallest absolute Gasteiger partial charge is 0.329 e. The maximum Gasteiger partial charge on any atom is 0.329 e. The van der Waals surface area contributed by atoms with Crippen molar-refractivity contribution >= 4 is 11.9 Å². The van der Waals surface area contributed by atoms with Crippen molar-refractivity contribution < 1.29 is 14.7 Å². The van der Waals surface area contributed by atoms with Crippen LogP contribution >= 0.6 is 0 Å². The van der Waals surface area contributed by atoms with Crippen LogP contribution in [0.1, 0.15) is 46.0 Å². The van der Waals surface area contributed by atoms with E-state index in [0.29, 0.717) is 25.9 Å². The maximum atomic E-state index is 12.3. The minimum absolute atomic E-state index is 0.0723. The molecule has 2 unspecified atom stereocenters. The molecule has 0 bridgehead atoms. The summed E-state index contributed by atoms with van der Waals surface area (Å²) in [5.74, 6) is -0.828. The number of piperidine rings is 1. The van der Waals surface area contributed by atoms with Crippen LogP contribution in [0.5, 0.6) is 0 Å². The zero-order valence-electron chi connectivity index (χ0n) is 11.3. The van der Waals surface area contributed by atoms with Crippen LogP contribution in [0.2, 0.25) is 0 Å². The van der Waals surface area contributed by atoms with Gasteiger partial charge in [0.05, 0.1) is 0 Å². The molecule has 1 amide bonds. The van der Waals surface area contributed by atoms with E-state index >= 15 is 0 Å². The molecule has 2 atom stereocenters. The second-order valence-corrected chi connectivity index (χ2v) is 5.30. The van der Waals surface area contributed by atoms with Crippen molar-refractivity contribution in [1.29, 1.82) is 0 Å². The lowest BCUT2D eigenvalue weighted by atomic mass is 9.87. The van der Waals surface area contributed by atoms with E-state index in [9.17, 15) is 14.7 Å². The highest BCUT2D eigenvalue weighted by Crippen LogP contribution is 2.29. The van der Waals surface area contributed by atoms with Gasteiger partial charge in [0.15, 0.2) is 0 Å². The molecule has 0 saturated carbocycles. The second-order valence-electron chi connectivity index (χ2n) is 5.30. The number of likely N-dealkylation sites (tertiary alicyclic amines) is 1. The summed E-state index contributed by atoms with van der Waals surface area (Å²) < 4.78 is 0. The molecule has 0 spiro atoms. The number of nitrogens with two attached hydrogens (primary N) is 1.